The Morgan fingerprint density at radius 2 is 2.06 bits per heavy atom. The Balaban J connectivity index is 1.63. The molecule has 4 rings (SSSR count). The van der Waals surface area contributed by atoms with Gasteiger partial charge in [0, 0.05) is 18.7 Å². The zero-order chi connectivity index (χ0) is 24.6. The molecular weight excluding hydrogens is 459 g/mol. The van der Waals surface area contributed by atoms with Crippen molar-refractivity contribution in [3.63, 3.8) is 0 Å². The van der Waals surface area contributed by atoms with E-state index in [-0.39, 0.29) is 41.9 Å². The second-order valence-corrected chi connectivity index (χ2v) is 9.60. The van der Waals surface area contributed by atoms with Crippen LogP contribution in [-0.2, 0) is 19.8 Å². The van der Waals surface area contributed by atoms with Gasteiger partial charge in [-0.05, 0) is 42.2 Å². The number of carbonyl (C=O) groups excluding carboxylic acids is 3. The van der Waals surface area contributed by atoms with Crippen LogP contribution in [0.1, 0.15) is 32.3 Å². The molecule has 2 aliphatic rings. The molecule has 0 saturated carbocycles. The Morgan fingerprint density at radius 3 is 2.74 bits per heavy atom. The molecule has 3 atom stereocenters. The van der Waals surface area contributed by atoms with Gasteiger partial charge in [-0.15, -0.1) is 0 Å². The van der Waals surface area contributed by atoms with Crippen molar-refractivity contribution in [1.82, 2.24) is 4.90 Å². The van der Waals surface area contributed by atoms with Crippen LogP contribution in [0.2, 0.25) is 5.02 Å². The number of nitrogens with zero attached hydrogens (tertiary/aromatic N) is 2. The first-order valence-corrected chi connectivity index (χ1v) is 11.4. The molecule has 3 amide bonds. The molecule has 7 nitrogen and oxygen atoms in total. The predicted octanol–water partition coefficient (Wildman–Crippen LogP) is 4.09. The molecule has 0 aliphatic carbocycles. The van der Waals surface area contributed by atoms with Crippen LogP contribution in [0.15, 0.2) is 42.5 Å². The number of hydrogen-bond donors (Lipinski definition) is 2. The molecule has 0 aromatic heterocycles. The van der Waals surface area contributed by atoms with Crippen LogP contribution in [0.5, 0.6) is 0 Å². The van der Waals surface area contributed by atoms with E-state index in [1.807, 2.05) is 26.0 Å². The molecule has 1 unspecified atom stereocenters. The molecule has 1 spiro atoms. The lowest BCUT2D eigenvalue weighted by Gasteiger charge is -2.27. The maximum atomic E-state index is 13.7. The first kappa shape index (κ1) is 23.7. The molecule has 2 aromatic rings. The highest BCUT2D eigenvalue weighted by Gasteiger charge is 2.56. The molecular formula is C25H24ClFN4O3. The average Bonchev–Trinajstić information content (AvgIpc) is 3.32. The number of amides is 3. The van der Waals surface area contributed by atoms with Crippen molar-refractivity contribution >= 4 is 40.7 Å². The van der Waals surface area contributed by atoms with Gasteiger partial charge in [0.2, 0.25) is 17.7 Å². The minimum atomic E-state index is -1.10. The zero-order valence-corrected chi connectivity index (χ0v) is 19.5. The lowest BCUT2D eigenvalue weighted by Crippen LogP contribution is -2.45. The molecule has 2 aliphatic heterocycles. The summed E-state index contributed by atoms with van der Waals surface area (Å²) in [7, 11) is 0. The summed E-state index contributed by atoms with van der Waals surface area (Å²) in [4.78, 5) is 41.2. The summed E-state index contributed by atoms with van der Waals surface area (Å²) in [5.74, 6) is -3.03. The molecule has 2 aromatic carbocycles. The van der Waals surface area contributed by atoms with Crippen LogP contribution in [-0.4, -0.2) is 35.2 Å². The van der Waals surface area contributed by atoms with Crippen molar-refractivity contribution in [2.75, 3.05) is 17.2 Å². The summed E-state index contributed by atoms with van der Waals surface area (Å²) in [5.41, 5.74) is 0.569. The standard InChI is InChI=1S/C25H24ClFN4O3/c1-14(2)9-17(22(32)29-21-8-7-15(27)10-19(21)26)23(33)31-13-25(11-16(31)12-28)18-5-3-4-6-20(18)30-24(25)34/h3-8,10,14,16-17H,9,11,13H2,1-2H3,(H,29,32)(H,30,34)/t16-,17?,25-/m0/s1. The summed E-state index contributed by atoms with van der Waals surface area (Å²) < 4.78 is 13.4. The van der Waals surface area contributed by atoms with Crippen molar-refractivity contribution in [2.24, 2.45) is 11.8 Å². The lowest BCUT2D eigenvalue weighted by molar-refractivity contribution is -0.141. The second kappa shape index (κ2) is 9.07. The number of hydrogen-bond acceptors (Lipinski definition) is 4. The first-order valence-electron chi connectivity index (χ1n) is 11.0. The van der Waals surface area contributed by atoms with E-state index in [1.165, 1.54) is 11.0 Å². The smallest absolute Gasteiger partial charge is 0.237 e. The summed E-state index contributed by atoms with van der Waals surface area (Å²) >= 11 is 6.04. The Labute approximate surface area is 201 Å². The SMILES string of the molecule is CC(C)CC(C(=O)Nc1ccc(F)cc1Cl)C(=O)N1C[C@]2(C[C@H]1C#N)C(=O)Nc1ccccc12. The fourth-order valence-corrected chi connectivity index (χ4v) is 5.00. The van der Waals surface area contributed by atoms with Gasteiger partial charge in [-0.2, -0.15) is 5.26 Å². The zero-order valence-electron chi connectivity index (χ0n) is 18.8. The molecule has 0 radical (unpaired) electrons. The minimum absolute atomic E-state index is 0.00371. The van der Waals surface area contributed by atoms with E-state index in [0.717, 1.165) is 17.7 Å². The van der Waals surface area contributed by atoms with Crippen LogP contribution < -0.4 is 10.6 Å². The minimum Gasteiger partial charge on any atom is -0.325 e. The second-order valence-electron chi connectivity index (χ2n) is 9.19. The number of halogens is 2. The van der Waals surface area contributed by atoms with Gasteiger partial charge in [0.1, 0.15) is 17.8 Å². The monoisotopic (exact) mass is 482 g/mol. The topological polar surface area (TPSA) is 102 Å². The fourth-order valence-electron chi connectivity index (χ4n) is 4.79. The number of rotatable bonds is 5. The molecule has 0 bridgehead atoms. The summed E-state index contributed by atoms with van der Waals surface area (Å²) in [6.07, 6.45) is 0.381. The highest BCUT2D eigenvalue weighted by molar-refractivity contribution is 6.33. The molecule has 2 N–H and O–H groups in total. The number of para-hydroxylation sites is 1. The Bertz CT molecular complexity index is 1210. The van der Waals surface area contributed by atoms with E-state index in [9.17, 15) is 24.0 Å². The van der Waals surface area contributed by atoms with Gasteiger partial charge in [0.25, 0.3) is 0 Å². The Morgan fingerprint density at radius 1 is 1.32 bits per heavy atom. The predicted molar refractivity (Wildman–Crippen MR) is 125 cm³/mol. The molecule has 9 heteroatoms. The summed E-state index contributed by atoms with van der Waals surface area (Å²) in [5, 5.41) is 15.3. The third-order valence-electron chi connectivity index (χ3n) is 6.43. The Hall–Kier alpha value is -3.44. The van der Waals surface area contributed by atoms with Gasteiger partial charge in [-0.25, -0.2) is 4.39 Å². The van der Waals surface area contributed by atoms with E-state index in [2.05, 4.69) is 16.7 Å². The van der Waals surface area contributed by atoms with Crippen LogP contribution >= 0.6 is 11.6 Å². The third-order valence-corrected chi connectivity index (χ3v) is 6.74. The normalized spacial score (nSPS) is 21.8. The van der Waals surface area contributed by atoms with Crippen molar-refractivity contribution in [1.29, 1.82) is 5.26 Å². The van der Waals surface area contributed by atoms with Crippen LogP contribution in [0.3, 0.4) is 0 Å². The molecule has 1 saturated heterocycles. The third kappa shape index (κ3) is 4.12. The van der Waals surface area contributed by atoms with Crippen LogP contribution in [0.4, 0.5) is 15.8 Å². The molecule has 176 valence electrons. The molecule has 34 heavy (non-hydrogen) atoms. The van der Waals surface area contributed by atoms with E-state index in [1.54, 1.807) is 12.1 Å². The van der Waals surface area contributed by atoms with Crippen LogP contribution in [0.25, 0.3) is 0 Å². The number of carbonyl (C=O) groups is 3. The largest absolute Gasteiger partial charge is 0.325 e. The average molecular weight is 483 g/mol. The number of anilines is 2. The number of fused-ring (bicyclic) bond motifs is 2. The first-order chi connectivity index (χ1) is 16.2. The summed E-state index contributed by atoms with van der Waals surface area (Å²) in [6, 6.07) is 12.1. The van der Waals surface area contributed by atoms with Crippen molar-refractivity contribution < 1.29 is 18.8 Å². The Kier molecular flexibility index (Phi) is 6.32. The lowest BCUT2D eigenvalue weighted by atomic mass is 9.80. The quantitative estimate of drug-likeness (QED) is 0.626. The van der Waals surface area contributed by atoms with Crippen molar-refractivity contribution in [2.45, 2.75) is 38.1 Å². The van der Waals surface area contributed by atoms with E-state index >= 15 is 0 Å². The fraction of sp³-hybridized carbons (Fsp3) is 0.360. The van der Waals surface area contributed by atoms with Gasteiger partial charge in [-0.3, -0.25) is 14.4 Å². The van der Waals surface area contributed by atoms with Gasteiger partial charge in [-0.1, -0.05) is 43.6 Å². The van der Waals surface area contributed by atoms with Gasteiger partial charge < -0.3 is 15.5 Å². The van der Waals surface area contributed by atoms with Gasteiger partial charge >= 0.3 is 0 Å². The highest BCUT2D eigenvalue weighted by Crippen LogP contribution is 2.46. The van der Waals surface area contributed by atoms with E-state index < -0.39 is 35.0 Å². The number of benzene rings is 2. The molecule has 1 fully saturated rings. The van der Waals surface area contributed by atoms with Crippen molar-refractivity contribution in [3.05, 3.63) is 58.9 Å². The maximum absolute atomic E-state index is 13.7. The van der Waals surface area contributed by atoms with Gasteiger partial charge in [0.05, 0.1) is 22.2 Å². The summed E-state index contributed by atoms with van der Waals surface area (Å²) in [6.45, 7) is 3.77. The number of likely N-dealkylation sites (tertiary alicyclic amines) is 1. The van der Waals surface area contributed by atoms with Gasteiger partial charge in [0.15, 0.2) is 0 Å². The highest BCUT2D eigenvalue weighted by atomic mass is 35.5. The molecule has 2 heterocycles. The van der Waals surface area contributed by atoms with E-state index in [4.69, 9.17) is 11.6 Å². The number of nitrogens with one attached hydrogen (secondary N) is 2. The van der Waals surface area contributed by atoms with Crippen LogP contribution in [0, 0.1) is 29.0 Å². The maximum Gasteiger partial charge on any atom is 0.237 e. The van der Waals surface area contributed by atoms with E-state index in [0.29, 0.717) is 5.69 Å². The number of nitriles is 1. The van der Waals surface area contributed by atoms with Crippen molar-refractivity contribution in [3.8, 4) is 6.07 Å².